The third-order valence-corrected chi connectivity index (χ3v) is 2.11. The Balaban J connectivity index is 2.40. The normalized spacial score (nSPS) is 10.5. The van der Waals surface area contributed by atoms with Gasteiger partial charge in [-0.2, -0.15) is 0 Å². The van der Waals surface area contributed by atoms with E-state index in [-0.39, 0.29) is 6.61 Å². The predicted molar refractivity (Wildman–Crippen MR) is 65.6 cm³/mol. The number of rotatable bonds is 7. The van der Waals surface area contributed by atoms with Crippen LogP contribution in [0.25, 0.3) is 0 Å². The molecule has 5 heteroatoms. The Labute approximate surface area is 96.3 Å². The molecule has 1 rings (SSSR count). The summed E-state index contributed by atoms with van der Waals surface area (Å²) >= 11 is 0. The molecule has 0 radical (unpaired) electrons. The van der Waals surface area contributed by atoms with Crippen LogP contribution in [-0.4, -0.2) is 34.8 Å². The largest absolute Gasteiger partial charge is 0.395 e. The molecule has 0 saturated heterocycles. The Morgan fingerprint density at radius 1 is 1.19 bits per heavy atom. The van der Waals surface area contributed by atoms with Crippen LogP contribution in [0.1, 0.15) is 20.3 Å². The van der Waals surface area contributed by atoms with Crippen molar-refractivity contribution >= 4 is 11.6 Å². The second kappa shape index (κ2) is 7.00. The van der Waals surface area contributed by atoms with Crippen molar-refractivity contribution in [2.24, 2.45) is 5.92 Å². The smallest absolute Gasteiger partial charge is 0.131 e. The Kier molecular flexibility index (Phi) is 5.56. The van der Waals surface area contributed by atoms with Gasteiger partial charge in [-0.1, -0.05) is 13.8 Å². The molecule has 90 valence electrons. The maximum absolute atomic E-state index is 8.68. The second-order valence-corrected chi connectivity index (χ2v) is 4.05. The van der Waals surface area contributed by atoms with Gasteiger partial charge in [0.2, 0.25) is 0 Å². The molecule has 0 aliphatic carbocycles. The van der Waals surface area contributed by atoms with Gasteiger partial charge in [0.25, 0.3) is 0 Å². The van der Waals surface area contributed by atoms with Crippen LogP contribution in [0.5, 0.6) is 0 Å². The van der Waals surface area contributed by atoms with Gasteiger partial charge in [0.1, 0.15) is 18.0 Å². The number of aliphatic hydroxyl groups excluding tert-OH is 1. The molecule has 0 aliphatic heterocycles. The molecule has 0 unspecified atom stereocenters. The first kappa shape index (κ1) is 12.7. The van der Waals surface area contributed by atoms with Crippen LogP contribution >= 0.6 is 0 Å². The number of aliphatic hydroxyl groups is 1. The fraction of sp³-hybridized carbons (Fsp3) is 0.636. The summed E-state index contributed by atoms with van der Waals surface area (Å²) in [6.07, 6.45) is 2.63. The van der Waals surface area contributed by atoms with Gasteiger partial charge >= 0.3 is 0 Å². The molecule has 5 nitrogen and oxygen atoms in total. The molecule has 0 amide bonds. The average Bonchev–Trinajstić information content (AvgIpc) is 2.26. The first-order valence-electron chi connectivity index (χ1n) is 5.63. The lowest BCUT2D eigenvalue weighted by Gasteiger charge is -2.08. The molecule has 16 heavy (non-hydrogen) atoms. The maximum atomic E-state index is 8.68. The lowest BCUT2D eigenvalue weighted by molar-refractivity contribution is 0.311. The summed E-state index contributed by atoms with van der Waals surface area (Å²) in [5, 5.41) is 14.9. The van der Waals surface area contributed by atoms with Crippen molar-refractivity contribution in [1.82, 2.24) is 9.97 Å². The first-order chi connectivity index (χ1) is 7.72. The van der Waals surface area contributed by atoms with Gasteiger partial charge in [-0.25, -0.2) is 9.97 Å². The predicted octanol–water partition coefficient (Wildman–Crippen LogP) is 1.34. The Bertz CT molecular complexity index is 304. The van der Waals surface area contributed by atoms with Crippen molar-refractivity contribution in [3.63, 3.8) is 0 Å². The molecule has 1 heterocycles. The molecule has 0 fully saturated rings. The SMILES string of the molecule is CC(C)CCNc1cc(NCCO)ncn1. The van der Waals surface area contributed by atoms with Crippen LogP contribution in [0, 0.1) is 5.92 Å². The molecule has 0 aliphatic rings. The van der Waals surface area contributed by atoms with Crippen molar-refractivity contribution in [2.45, 2.75) is 20.3 Å². The molecule has 0 bridgehead atoms. The Morgan fingerprint density at radius 2 is 1.81 bits per heavy atom. The molecule has 1 aromatic heterocycles. The summed E-state index contributed by atoms with van der Waals surface area (Å²) in [6.45, 7) is 5.89. The van der Waals surface area contributed by atoms with E-state index in [4.69, 9.17) is 5.11 Å². The van der Waals surface area contributed by atoms with Gasteiger partial charge < -0.3 is 15.7 Å². The summed E-state index contributed by atoms with van der Waals surface area (Å²) in [5.74, 6) is 2.23. The number of nitrogens with one attached hydrogen (secondary N) is 2. The minimum atomic E-state index is 0.0973. The highest BCUT2D eigenvalue weighted by molar-refractivity contribution is 5.46. The zero-order valence-corrected chi connectivity index (χ0v) is 9.90. The van der Waals surface area contributed by atoms with E-state index in [9.17, 15) is 0 Å². The van der Waals surface area contributed by atoms with Crippen LogP contribution in [0.4, 0.5) is 11.6 Å². The first-order valence-corrected chi connectivity index (χ1v) is 5.63. The van der Waals surface area contributed by atoms with Crippen molar-refractivity contribution in [3.05, 3.63) is 12.4 Å². The monoisotopic (exact) mass is 224 g/mol. The van der Waals surface area contributed by atoms with E-state index < -0.39 is 0 Å². The third kappa shape index (κ3) is 4.93. The molecule has 3 N–H and O–H groups in total. The van der Waals surface area contributed by atoms with Crippen LogP contribution in [0.3, 0.4) is 0 Å². The van der Waals surface area contributed by atoms with E-state index in [1.807, 2.05) is 6.07 Å². The van der Waals surface area contributed by atoms with Crippen LogP contribution in [0.2, 0.25) is 0 Å². The van der Waals surface area contributed by atoms with Gasteiger partial charge in [-0.15, -0.1) is 0 Å². The lowest BCUT2D eigenvalue weighted by atomic mass is 10.1. The minimum Gasteiger partial charge on any atom is -0.395 e. The van der Waals surface area contributed by atoms with Crippen LogP contribution < -0.4 is 10.6 Å². The summed E-state index contributed by atoms with van der Waals surface area (Å²) in [6, 6.07) is 1.84. The van der Waals surface area contributed by atoms with E-state index >= 15 is 0 Å². The van der Waals surface area contributed by atoms with E-state index in [2.05, 4.69) is 34.4 Å². The van der Waals surface area contributed by atoms with E-state index in [0.29, 0.717) is 12.5 Å². The number of hydrogen-bond donors (Lipinski definition) is 3. The number of hydrogen-bond acceptors (Lipinski definition) is 5. The standard InChI is InChI=1S/C11H20N4O/c1-9(2)3-4-12-10-7-11(13-5-6-16)15-8-14-10/h7-9,16H,3-6H2,1-2H3,(H2,12,13,14,15). The van der Waals surface area contributed by atoms with Crippen molar-refractivity contribution in [3.8, 4) is 0 Å². The summed E-state index contributed by atoms with van der Waals surface area (Å²) in [5.41, 5.74) is 0. The van der Waals surface area contributed by atoms with Crippen molar-refractivity contribution in [2.75, 3.05) is 30.3 Å². The molecular formula is C11H20N4O. The van der Waals surface area contributed by atoms with Gasteiger partial charge in [-0.3, -0.25) is 0 Å². The fourth-order valence-electron chi connectivity index (χ4n) is 1.22. The lowest BCUT2D eigenvalue weighted by Crippen LogP contribution is -2.09. The highest BCUT2D eigenvalue weighted by Gasteiger charge is 1.98. The highest BCUT2D eigenvalue weighted by atomic mass is 16.3. The van der Waals surface area contributed by atoms with Gasteiger partial charge in [0.05, 0.1) is 6.61 Å². The Hall–Kier alpha value is -1.36. The second-order valence-electron chi connectivity index (χ2n) is 4.05. The van der Waals surface area contributed by atoms with Gasteiger partial charge in [-0.05, 0) is 12.3 Å². The quantitative estimate of drug-likeness (QED) is 0.652. The third-order valence-electron chi connectivity index (χ3n) is 2.11. The molecule has 1 aromatic rings. The zero-order chi connectivity index (χ0) is 11.8. The van der Waals surface area contributed by atoms with Crippen LogP contribution in [0.15, 0.2) is 12.4 Å². The molecular weight excluding hydrogens is 204 g/mol. The number of aromatic nitrogens is 2. The molecule has 0 aromatic carbocycles. The van der Waals surface area contributed by atoms with Gasteiger partial charge in [0.15, 0.2) is 0 Å². The minimum absolute atomic E-state index is 0.0973. The van der Waals surface area contributed by atoms with E-state index in [0.717, 1.165) is 24.6 Å². The average molecular weight is 224 g/mol. The molecule has 0 saturated carbocycles. The summed E-state index contributed by atoms with van der Waals surface area (Å²) in [7, 11) is 0. The summed E-state index contributed by atoms with van der Waals surface area (Å²) in [4.78, 5) is 8.17. The number of anilines is 2. The van der Waals surface area contributed by atoms with Crippen LogP contribution in [-0.2, 0) is 0 Å². The van der Waals surface area contributed by atoms with E-state index in [1.165, 1.54) is 6.33 Å². The summed E-state index contributed by atoms with van der Waals surface area (Å²) < 4.78 is 0. The Morgan fingerprint density at radius 3 is 2.38 bits per heavy atom. The molecule has 0 spiro atoms. The maximum Gasteiger partial charge on any atom is 0.131 e. The van der Waals surface area contributed by atoms with Gasteiger partial charge in [0, 0.05) is 19.2 Å². The fourth-order valence-corrected chi connectivity index (χ4v) is 1.22. The van der Waals surface area contributed by atoms with Crippen molar-refractivity contribution in [1.29, 1.82) is 0 Å². The highest BCUT2D eigenvalue weighted by Crippen LogP contribution is 2.08. The zero-order valence-electron chi connectivity index (χ0n) is 9.90. The number of nitrogens with zero attached hydrogens (tertiary/aromatic N) is 2. The molecule has 0 atom stereocenters. The van der Waals surface area contributed by atoms with E-state index in [1.54, 1.807) is 0 Å². The topological polar surface area (TPSA) is 70.1 Å². The van der Waals surface area contributed by atoms with Crippen molar-refractivity contribution < 1.29 is 5.11 Å².